The number of hydrogen-bond acceptors (Lipinski definition) is 3. The summed E-state index contributed by atoms with van der Waals surface area (Å²) < 4.78 is 7.35. The first-order chi connectivity index (χ1) is 33.6. The molecule has 0 radical (unpaired) electrons. The Morgan fingerprint density at radius 3 is 1.40 bits per heavy atom. The zero-order chi connectivity index (χ0) is 48.4. The van der Waals surface area contributed by atoms with Gasteiger partial charge in [0.25, 0.3) is 0 Å². The third kappa shape index (κ3) is 6.69. The van der Waals surface area contributed by atoms with E-state index in [1.165, 1.54) is 72.3 Å². The zero-order valence-electron chi connectivity index (χ0n) is 42.1. The standard InChI is InChI=1S/C67H60N2O/c1-41-33-42(2)36-50(35-41)68(47-27-23-45(24-28-47)65(5,6)7)49-31-32-54-58(39-49)67(56-20-14-11-17-52(56)53-18-12-15-21-57(53)67)59-40-60(63-55-19-13-16-22-61(55)70-64(63)62(54)59)69(51-37-43(3)34-44(4)38-51)48-29-25-46(26-30-48)66(8,9)10/h11-40H,1-10H3. The summed E-state index contributed by atoms with van der Waals surface area (Å²) in [5, 5.41) is 2.21. The Hall–Kier alpha value is -7.62. The summed E-state index contributed by atoms with van der Waals surface area (Å²) in [5.41, 5.74) is 25.3. The summed E-state index contributed by atoms with van der Waals surface area (Å²) >= 11 is 0. The molecule has 0 fully saturated rings. The van der Waals surface area contributed by atoms with Crippen molar-refractivity contribution in [3.8, 4) is 22.3 Å². The molecule has 1 aromatic heterocycles. The van der Waals surface area contributed by atoms with E-state index in [0.717, 1.165) is 61.6 Å². The van der Waals surface area contributed by atoms with E-state index in [9.17, 15) is 0 Å². The van der Waals surface area contributed by atoms with Gasteiger partial charge in [-0.1, -0.05) is 151 Å². The number of nitrogens with zero attached hydrogens (tertiary/aromatic N) is 2. The number of para-hydroxylation sites is 1. The van der Waals surface area contributed by atoms with Gasteiger partial charge in [-0.25, -0.2) is 0 Å². The quantitative estimate of drug-likeness (QED) is 0.166. The molecule has 2 aliphatic rings. The minimum absolute atomic E-state index is 0.00870. The lowest BCUT2D eigenvalue weighted by Crippen LogP contribution is -2.26. The van der Waals surface area contributed by atoms with E-state index in [4.69, 9.17) is 4.42 Å². The van der Waals surface area contributed by atoms with Crippen molar-refractivity contribution in [3.05, 3.63) is 238 Å². The monoisotopic (exact) mass is 908 g/mol. The van der Waals surface area contributed by atoms with Gasteiger partial charge < -0.3 is 14.2 Å². The summed E-state index contributed by atoms with van der Waals surface area (Å²) in [7, 11) is 0. The molecule has 70 heavy (non-hydrogen) atoms. The van der Waals surface area contributed by atoms with Crippen molar-refractivity contribution in [3.63, 3.8) is 0 Å². The van der Waals surface area contributed by atoms with Crippen molar-refractivity contribution < 1.29 is 4.42 Å². The summed E-state index contributed by atoms with van der Waals surface area (Å²) in [6.07, 6.45) is 0. The molecule has 0 bridgehead atoms. The fourth-order valence-electron chi connectivity index (χ4n) is 12.0. The van der Waals surface area contributed by atoms with Crippen molar-refractivity contribution in [1.82, 2.24) is 0 Å². The first kappa shape index (κ1) is 43.6. The average Bonchev–Trinajstić information content (AvgIpc) is 3.95. The fraction of sp³-hybridized carbons (Fsp3) is 0.194. The van der Waals surface area contributed by atoms with Crippen LogP contribution in [0.25, 0.3) is 44.2 Å². The molecule has 0 saturated heterocycles. The molecule has 10 aromatic rings. The van der Waals surface area contributed by atoms with E-state index in [2.05, 4.69) is 261 Å². The van der Waals surface area contributed by atoms with Gasteiger partial charge in [0.1, 0.15) is 11.2 Å². The van der Waals surface area contributed by atoms with Gasteiger partial charge in [0, 0.05) is 39.4 Å². The van der Waals surface area contributed by atoms with Gasteiger partial charge in [-0.3, -0.25) is 0 Å². The molecule has 1 spiro atoms. The van der Waals surface area contributed by atoms with Crippen LogP contribution >= 0.6 is 0 Å². The second-order valence-electron chi connectivity index (χ2n) is 22.1. The maximum absolute atomic E-state index is 7.35. The van der Waals surface area contributed by atoms with Gasteiger partial charge in [0.15, 0.2) is 0 Å². The Morgan fingerprint density at radius 1 is 0.386 bits per heavy atom. The van der Waals surface area contributed by atoms with Gasteiger partial charge >= 0.3 is 0 Å². The lowest BCUT2D eigenvalue weighted by atomic mass is 9.70. The second kappa shape index (κ2) is 15.7. The smallest absolute Gasteiger partial charge is 0.145 e. The first-order valence-corrected chi connectivity index (χ1v) is 24.9. The second-order valence-corrected chi connectivity index (χ2v) is 22.1. The van der Waals surface area contributed by atoms with E-state index in [0.29, 0.717) is 0 Å². The van der Waals surface area contributed by atoms with Gasteiger partial charge in [-0.15, -0.1) is 0 Å². The Bertz CT molecular complexity index is 3640. The average molecular weight is 909 g/mol. The Balaban J connectivity index is 1.21. The third-order valence-electron chi connectivity index (χ3n) is 15.1. The van der Waals surface area contributed by atoms with Crippen molar-refractivity contribution >= 4 is 56.1 Å². The predicted molar refractivity (Wildman–Crippen MR) is 296 cm³/mol. The Kier molecular flexibility index (Phi) is 9.79. The molecule has 1 heterocycles. The lowest BCUT2D eigenvalue weighted by Gasteiger charge is -2.34. The van der Waals surface area contributed by atoms with Crippen molar-refractivity contribution in [2.75, 3.05) is 9.80 Å². The van der Waals surface area contributed by atoms with E-state index in [1.54, 1.807) is 0 Å². The van der Waals surface area contributed by atoms with Crippen LogP contribution < -0.4 is 9.80 Å². The van der Waals surface area contributed by atoms with Gasteiger partial charge in [0.05, 0.1) is 16.5 Å². The number of rotatable bonds is 6. The van der Waals surface area contributed by atoms with E-state index in [1.807, 2.05) is 0 Å². The molecule has 344 valence electrons. The third-order valence-corrected chi connectivity index (χ3v) is 15.1. The minimum Gasteiger partial charge on any atom is -0.455 e. The molecule has 0 N–H and O–H groups in total. The van der Waals surface area contributed by atoms with Crippen molar-refractivity contribution in [1.29, 1.82) is 0 Å². The van der Waals surface area contributed by atoms with Crippen LogP contribution in [0.4, 0.5) is 34.1 Å². The summed E-state index contributed by atoms with van der Waals surface area (Å²) in [5.74, 6) is 0. The maximum atomic E-state index is 7.35. The molecule has 0 atom stereocenters. The number of fused-ring (bicyclic) bond motifs is 14. The van der Waals surface area contributed by atoms with Gasteiger partial charge in [0.2, 0.25) is 0 Å². The first-order valence-electron chi connectivity index (χ1n) is 24.9. The SMILES string of the molecule is Cc1cc(C)cc(N(c2ccc(C(C)(C)C)cc2)c2ccc3c(c2)C2(c4ccccc4-c4ccccc42)c2cc(N(c4ccc(C(C)(C)C)cc4)c4cc(C)cc(C)c4)c4c(oc5ccccc54)c2-3)c1. The number of anilines is 6. The maximum Gasteiger partial charge on any atom is 0.145 e. The molecular formula is C67H60N2O. The number of furan rings is 1. The molecule has 9 aromatic carbocycles. The summed E-state index contributed by atoms with van der Waals surface area (Å²) in [6, 6.07) is 68.9. The molecular weight excluding hydrogens is 849 g/mol. The highest BCUT2D eigenvalue weighted by atomic mass is 16.3. The summed E-state index contributed by atoms with van der Waals surface area (Å²) in [4.78, 5) is 4.95. The summed E-state index contributed by atoms with van der Waals surface area (Å²) in [6.45, 7) is 22.5. The normalized spacial score (nSPS) is 13.4. The fourth-order valence-corrected chi connectivity index (χ4v) is 12.0. The van der Waals surface area contributed by atoms with E-state index < -0.39 is 5.41 Å². The Morgan fingerprint density at radius 2 is 0.857 bits per heavy atom. The highest BCUT2D eigenvalue weighted by Gasteiger charge is 2.53. The number of aryl methyl sites for hydroxylation is 4. The molecule has 12 rings (SSSR count). The van der Waals surface area contributed by atoms with Crippen LogP contribution in [-0.4, -0.2) is 0 Å². The topological polar surface area (TPSA) is 19.6 Å². The molecule has 0 unspecified atom stereocenters. The van der Waals surface area contributed by atoms with E-state index in [-0.39, 0.29) is 10.8 Å². The largest absolute Gasteiger partial charge is 0.455 e. The number of hydrogen-bond donors (Lipinski definition) is 0. The van der Waals surface area contributed by atoms with Crippen LogP contribution in [0.5, 0.6) is 0 Å². The van der Waals surface area contributed by atoms with Crippen LogP contribution in [0.1, 0.15) is 97.2 Å². The van der Waals surface area contributed by atoms with Crippen LogP contribution in [0.15, 0.2) is 186 Å². The minimum atomic E-state index is -0.676. The molecule has 3 heteroatoms. The van der Waals surface area contributed by atoms with Gasteiger partial charge in [-0.05, 0) is 184 Å². The van der Waals surface area contributed by atoms with Gasteiger partial charge in [-0.2, -0.15) is 0 Å². The van der Waals surface area contributed by atoms with Crippen molar-refractivity contribution in [2.45, 2.75) is 85.5 Å². The number of benzene rings is 9. The van der Waals surface area contributed by atoms with E-state index >= 15 is 0 Å². The molecule has 0 saturated carbocycles. The molecule has 2 aliphatic carbocycles. The lowest BCUT2D eigenvalue weighted by molar-refractivity contribution is 0.590. The van der Waals surface area contributed by atoms with Crippen molar-refractivity contribution in [2.24, 2.45) is 0 Å². The van der Waals surface area contributed by atoms with Crippen LogP contribution in [0, 0.1) is 27.7 Å². The molecule has 0 amide bonds. The highest BCUT2D eigenvalue weighted by Crippen LogP contribution is 2.66. The Labute approximate surface area is 413 Å². The van der Waals surface area contributed by atoms with Crippen LogP contribution in [-0.2, 0) is 16.2 Å². The zero-order valence-corrected chi connectivity index (χ0v) is 42.1. The molecule has 3 nitrogen and oxygen atoms in total. The predicted octanol–water partition coefficient (Wildman–Crippen LogP) is 18.7. The highest BCUT2D eigenvalue weighted by molar-refractivity contribution is 6.20. The van der Waals surface area contributed by atoms with Crippen LogP contribution in [0.2, 0.25) is 0 Å². The molecule has 0 aliphatic heterocycles. The van der Waals surface area contributed by atoms with Crippen LogP contribution in [0.3, 0.4) is 0 Å².